The molecule has 1 aliphatic heterocycles. The Hall–Kier alpha value is -2.24. The third kappa shape index (κ3) is 3.69. The fourth-order valence-corrected chi connectivity index (χ4v) is 5.26. The number of methoxy groups -OCH3 is 3. The molecule has 0 amide bonds. The number of hydrogen-bond acceptors (Lipinski definition) is 5. The van der Waals surface area contributed by atoms with Gasteiger partial charge in [0.25, 0.3) is 0 Å². The lowest BCUT2D eigenvalue weighted by Crippen LogP contribution is -2.48. The number of ether oxygens (including phenoxy) is 3. The molecule has 0 unspecified atom stereocenters. The van der Waals surface area contributed by atoms with E-state index in [0.29, 0.717) is 6.04 Å². The highest BCUT2D eigenvalue weighted by Crippen LogP contribution is 2.50. The molecule has 3 atom stereocenters. The lowest BCUT2D eigenvalue weighted by molar-refractivity contribution is 0.0466. The molecule has 5 nitrogen and oxygen atoms in total. The quantitative estimate of drug-likeness (QED) is 0.804. The molecule has 2 aromatic carbocycles. The van der Waals surface area contributed by atoms with Gasteiger partial charge in [0.05, 0.1) is 27.4 Å². The van der Waals surface area contributed by atoms with Gasteiger partial charge < -0.3 is 19.3 Å². The van der Waals surface area contributed by atoms with Crippen LogP contribution in [0.1, 0.15) is 36.8 Å². The van der Waals surface area contributed by atoms with E-state index >= 15 is 0 Å². The first-order valence-electron chi connectivity index (χ1n) is 10.4. The molecule has 0 spiro atoms. The lowest BCUT2D eigenvalue weighted by Gasteiger charge is -2.44. The molecular formula is C24H31NO4. The van der Waals surface area contributed by atoms with Crippen molar-refractivity contribution >= 4 is 0 Å². The first kappa shape index (κ1) is 20.0. The number of aliphatic hydroxyl groups excluding tert-OH is 1. The van der Waals surface area contributed by atoms with Crippen LogP contribution in [0.5, 0.6) is 17.2 Å². The fourth-order valence-electron chi connectivity index (χ4n) is 5.26. The van der Waals surface area contributed by atoms with Gasteiger partial charge in [-0.1, -0.05) is 18.2 Å². The number of fused-ring (bicyclic) bond motifs is 1. The van der Waals surface area contributed by atoms with Crippen LogP contribution in [0, 0.1) is 0 Å². The van der Waals surface area contributed by atoms with E-state index < -0.39 is 0 Å². The van der Waals surface area contributed by atoms with Crippen LogP contribution in [0.25, 0.3) is 0 Å². The third-order valence-electron chi connectivity index (χ3n) is 6.85. The van der Waals surface area contributed by atoms with Crippen molar-refractivity contribution in [3.63, 3.8) is 0 Å². The van der Waals surface area contributed by atoms with Crippen molar-refractivity contribution in [3.05, 3.63) is 53.6 Å². The fraction of sp³-hybridized carbons (Fsp3) is 0.500. The normalized spacial score (nSPS) is 26.8. The molecule has 4 rings (SSSR count). The molecule has 5 heteroatoms. The summed E-state index contributed by atoms with van der Waals surface area (Å²) < 4.78 is 16.3. The second-order valence-corrected chi connectivity index (χ2v) is 8.24. The lowest BCUT2D eigenvalue weighted by atomic mass is 9.65. The van der Waals surface area contributed by atoms with E-state index in [1.807, 2.05) is 18.2 Å². The van der Waals surface area contributed by atoms with E-state index in [1.54, 1.807) is 21.3 Å². The summed E-state index contributed by atoms with van der Waals surface area (Å²) >= 11 is 0. The summed E-state index contributed by atoms with van der Waals surface area (Å²) in [6.07, 6.45) is 3.51. The summed E-state index contributed by atoms with van der Waals surface area (Å²) in [6, 6.07) is 14.9. The number of nitrogens with zero attached hydrogens (tertiary/aromatic N) is 1. The summed E-state index contributed by atoms with van der Waals surface area (Å²) in [5, 5.41) is 10.5. The summed E-state index contributed by atoms with van der Waals surface area (Å²) in [4.78, 5) is 2.54. The predicted molar refractivity (Wildman–Crippen MR) is 113 cm³/mol. The molecule has 29 heavy (non-hydrogen) atoms. The second-order valence-electron chi connectivity index (χ2n) is 8.24. The molecule has 0 aromatic heterocycles. The van der Waals surface area contributed by atoms with E-state index in [2.05, 4.69) is 29.2 Å². The average molecular weight is 398 g/mol. The van der Waals surface area contributed by atoms with Crippen LogP contribution >= 0.6 is 0 Å². The zero-order valence-corrected chi connectivity index (χ0v) is 17.6. The van der Waals surface area contributed by atoms with Crippen molar-refractivity contribution in [3.8, 4) is 17.2 Å². The Morgan fingerprint density at radius 1 is 0.966 bits per heavy atom. The summed E-state index contributed by atoms with van der Waals surface area (Å²) in [5.74, 6) is 2.41. The van der Waals surface area contributed by atoms with Gasteiger partial charge in [0.15, 0.2) is 11.5 Å². The molecule has 156 valence electrons. The maximum Gasteiger partial charge on any atom is 0.161 e. The van der Waals surface area contributed by atoms with Crippen molar-refractivity contribution in [2.24, 2.45) is 0 Å². The highest BCUT2D eigenvalue weighted by atomic mass is 16.5. The first-order valence-corrected chi connectivity index (χ1v) is 10.4. The van der Waals surface area contributed by atoms with Crippen LogP contribution in [-0.2, 0) is 12.0 Å². The highest BCUT2D eigenvalue weighted by Gasteiger charge is 2.51. The van der Waals surface area contributed by atoms with E-state index in [9.17, 15) is 5.11 Å². The van der Waals surface area contributed by atoms with Gasteiger partial charge in [-0.25, -0.2) is 0 Å². The van der Waals surface area contributed by atoms with Crippen LogP contribution in [0.15, 0.2) is 42.5 Å². The van der Waals surface area contributed by atoms with Crippen LogP contribution < -0.4 is 14.2 Å². The van der Waals surface area contributed by atoms with Gasteiger partial charge in [-0.2, -0.15) is 0 Å². The summed E-state index contributed by atoms with van der Waals surface area (Å²) in [7, 11) is 5.05. The number of rotatable bonds is 6. The van der Waals surface area contributed by atoms with Gasteiger partial charge in [-0.15, -0.1) is 0 Å². The highest BCUT2D eigenvalue weighted by molar-refractivity contribution is 5.46. The Balaban J connectivity index is 1.63. The Morgan fingerprint density at radius 2 is 1.72 bits per heavy atom. The average Bonchev–Trinajstić information content (AvgIpc) is 3.12. The maximum atomic E-state index is 10.5. The molecule has 1 saturated carbocycles. The number of benzene rings is 2. The molecule has 1 saturated heterocycles. The number of aliphatic hydroxyl groups is 1. The second kappa shape index (κ2) is 8.25. The molecule has 2 aromatic rings. The van der Waals surface area contributed by atoms with E-state index in [0.717, 1.165) is 56.0 Å². The Labute approximate surface area is 173 Å². The monoisotopic (exact) mass is 397 g/mol. The first-order chi connectivity index (χ1) is 14.1. The maximum absolute atomic E-state index is 10.5. The number of hydrogen-bond donors (Lipinski definition) is 1. The Bertz CT molecular complexity index is 837. The van der Waals surface area contributed by atoms with Crippen LogP contribution in [0.3, 0.4) is 0 Å². The third-order valence-corrected chi connectivity index (χ3v) is 6.85. The van der Waals surface area contributed by atoms with Gasteiger partial charge in [-0.3, -0.25) is 4.90 Å². The zero-order chi connectivity index (χ0) is 20.4. The van der Waals surface area contributed by atoms with Gasteiger partial charge >= 0.3 is 0 Å². The van der Waals surface area contributed by atoms with Crippen LogP contribution in [-0.4, -0.2) is 50.0 Å². The molecule has 0 radical (unpaired) electrons. The zero-order valence-electron chi connectivity index (χ0n) is 17.6. The molecular weight excluding hydrogens is 366 g/mol. The van der Waals surface area contributed by atoms with E-state index in [4.69, 9.17) is 14.2 Å². The SMILES string of the molecule is COc1ccc(CN2CC[C@]3(c4ccc(OC)c(OC)c4)CC[C@@H](O)C[C@H]23)cc1. The van der Waals surface area contributed by atoms with E-state index in [-0.39, 0.29) is 11.5 Å². The van der Waals surface area contributed by atoms with Crippen molar-refractivity contribution < 1.29 is 19.3 Å². The molecule has 2 fully saturated rings. The van der Waals surface area contributed by atoms with Crippen LogP contribution in [0.4, 0.5) is 0 Å². The summed E-state index contributed by atoms with van der Waals surface area (Å²) in [5.41, 5.74) is 2.61. The minimum absolute atomic E-state index is 0.0469. The number of likely N-dealkylation sites (tertiary alicyclic amines) is 1. The standard InChI is InChI=1S/C24H31NO4/c1-27-20-7-4-17(5-8-20)16-25-13-12-24(11-10-19(26)15-23(24)25)18-6-9-21(28-2)22(14-18)29-3/h4-9,14,19,23,26H,10-13,15-16H2,1-3H3/t19-,23+,24+/m1/s1. The minimum atomic E-state index is -0.232. The predicted octanol–water partition coefficient (Wildman–Crippen LogP) is 3.77. The Morgan fingerprint density at radius 3 is 2.41 bits per heavy atom. The van der Waals surface area contributed by atoms with Crippen molar-refractivity contribution in [1.29, 1.82) is 0 Å². The topological polar surface area (TPSA) is 51.2 Å². The largest absolute Gasteiger partial charge is 0.497 e. The molecule has 1 N–H and O–H groups in total. The van der Waals surface area contributed by atoms with Crippen molar-refractivity contribution in [2.45, 2.75) is 49.8 Å². The summed E-state index contributed by atoms with van der Waals surface area (Å²) in [6.45, 7) is 1.91. The van der Waals surface area contributed by atoms with Crippen LogP contribution in [0.2, 0.25) is 0 Å². The molecule has 2 aliphatic rings. The van der Waals surface area contributed by atoms with Crippen molar-refractivity contribution in [1.82, 2.24) is 4.90 Å². The van der Waals surface area contributed by atoms with Gasteiger partial charge in [-0.05, 0) is 67.6 Å². The molecule has 0 bridgehead atoms. The minimum Gasteiger partial charge on any atom is -0.497 e. The van der Waals surface area contributed by atoms with E-state index in [1.165, 1.54) is 11.1 Å². The molecule has 1 heterocycles. The smallest absolute Gasteiger partial charge is 0.161 e. The van der Waals surface area contributed by atoms with Gasteiger partial charge in [0.1, 0.15) is 5.75 Å². The molecule has 1 aliphatic carbocycles. The van der Waals surface area contributed by atoms with Gasteiger partial charge in [0.2, 0.25) is 0 Å². The van der Waals surface area contributed by atoms with Crippen molar-refractivity contribution in [2.75, 3.05) is 27.9 Å². The van der Waals surface area contributed by atoms with Gasteiger partial charge in [0, 0.05) is 18.0 Å². The Kier molecular flexibility index (Phi) is 5.70.